The van der Waals surface area contributed by atoms with Gasteiger partial charge in [-0.05, 0) is 50.1 Å². The van der Waals surface area contributed by atoms with Crippen molar-refractivity contribution in [3.05, 3.63) is 58.1 Å². The molecule has 0 heterocycles. The number of nitrogens with one attached hydrogen (secondary N) is 2. The molecule has 1 unspecified atom stereocenters. The highest BCUT2D eigenvalue weighted by molar-refractivity contribution is 6.34. The summed E-state index contributed by atoms with van der Waals surface area (Å²) in [5.41, 5.74) is 5.19. The molecule has 0 saturated heterocycles. The Hall–Kier alpha value is -2.04. The van der Waals surface area contributed by atoms with Crippen molar-refractivity contribution < 1.29 is 9.69 Å². The van der Waals surface area contributed by atoms with Crippen LogP contribution in [0.4, 0.5) is 11.4 Å². The van der Waals surface area contributed by atoms with E-state index in [1.165, 1.54) is 16.2 Å². The minimum Gasteiger partial charge on any atom is -0.378 e. The second-order valence-corrected chi connectivity index (χ2v) is 7.41. The summed E-state index contributed by atoms with van der Waals surface area (Å²) in [6.45, 7) is 8.17. The van der Waals surface area contributed by atoms with Crippen LogP contribution >= 0.6 is 11.6 Å². The zero-order valence-electron chi connectivity index (χ0n) is 16.3. The summed E-state index contributed by atoms with van der Waals surface area (Å²) in [5.74, 6) is -0.0133. The van der Waals surface area contributed by atoms with E-state index < -0.39 is 0 Å². The molecule has 0 saturated carbocycles. The molecular weight excluding hydrogens is 346 g/mol. The molecule has 0 fully saturated rings. The van der Waals surface area contributed by atoms with E-state index in [1.54, 1.807) is 0 Å². The maximum atomic E-state index is 12.5. The van der Waals surface area contributed by atoms with Gasteiger partial charge in [0, 0.05) is 25.3 Å². The molecule has 0 bridgehead atoms. The molecule has 2 aromatic rings. The van der Waals surface area contributed by atoms with E-state index in [9.17, 15) is 4.79 Å². The van der Waals surface area contributed by atoms with Crippen LogP contribution < -0.4 is 15.1 Å². The van der Waals surface area contributed by atoms with Crippen LogP contribution in [0, 0.1) is 13.8 Å². The van der Waals surface area contributed by atoms with Gasteiger partial charge in [0.15, 0.2) is 6.54 Å². The molecule has 0 radical (unpaired) electrons. The average Bonchev–Trinajstić information content (AvgIpc) is 2.58. The van der Waals surface area contributed by atoms with E-state index >= 15 is 0 Å². The van der Waals surface area contributed by atoms with Gasteiger partial charge < -0.3 is 15.1 Å². The SMILES string of the molecule is CC[NH+](CC(=O)Nc1c(C)cc(C)cc1Cl)Cc1ccc(N(C)C)cc1. The number of nitrogens with zero attached hydrogens (tertiary/aromatic N) is 1. The predicted octanol–water partition coefficient (Wildman–Crippen LogP) is 3.07. The molecule has 0 aromatic heterocycles. The van der Waals surface area contributed by atoms with Crippen molar-refractivity contribution in [1.82, 2.24) is 0 Å². The minimum atomic E-state index is -0.0133. The highest BCUT2D eigenvalue weighted by atomic mass is 35.5. The Balaban J connectivity index is 2.00. The topological polar surface area (TPSA) is 36.8 Å². The van der Waals surface area contributed by atoms with Crippen LogP contribution in [-0.2, 0) is 11.3 Å². The van der Waals surface area contributed by atoms with E-state index in [4.69, 9.17) is 11.6 Å². The van der Waals surface area contributed by atoms with Gasteiger partial charge in [-0.3, -0.25) is 4.79 Å². The fraction of sp³-hybridized carbons (Fsp3) is 0.381. The number of carbonyl (C=O) groups excluding carboxylic acids is 1. The summed E-state index contributed by atoms with van der Waals surface area (Å²) in [7, 11) is 4.06. The third kappa shape index (κ3) is 5.48. The lowest BCUT2D eigenvalue weighted by Gasteiger charge is -2.19. The molecule has 2 aromatic carbocycles. The number of likely N-dealkylation sites (N-methyl/N-ethyl adjacent to an activating group) is 1. The summed E-state index contributed by atoms with van der Waals surface area (Å²) in [4.78, 5) is 15.8. The van der Waals surface area contributed by atoms with Crippen molar-refractivity contribution in [2.75, 3.05) is 37.4 Å². The number of rotatable bonds is 7. The molecule has 26 heavy (non-hydrogen) atoms. The Morgan fingerprint density at radius 2 is 1.81 bits per heavy atom. The number of anilines is 2. The zero-order valence-corrected chi connectivity index (χ0v) is 17.1. The van der Waals surface area contributed by atoms with Crippen molar-refractivity contribution in [3.63, 3.8) is 0 Å². The summed E-state index contributed by atoms with van der Waals surface area (Å²) < 4.78 is 0. The lowest BCUT2D eigenvalue weighted by molar-refractivity contribution is -0.903. The molecule has 1 atom stereocenters. The van der Waals surface area contributed by atoms with Crippen molar-refractivity contribution >= 4 is 28.9 Å². The third-order valence-electron chi connectivity index (χ3n) is 4.51. The van der Waals surface area contributed by atoms with Crippen molar-refractivity contribution in [1.29, 1.82) is 0 Å². The van der Waals surface area contributed by atoms with Crippen LogP contribution in [0.5, 0.6) is 0 Å². The van der Waals surface area contributed by atoms with Gasteiger partial charge in [0.05, 0.1) is 17.3 Å². The van der Waals surface area contributed by atoms with Gasteiger partial charge in [0.25, 0.3) is 5.91 Å². The molecule has 2 N–H and O–H groups in total. The van der Waals surface area contributed by atoms with Crippen molar-refractivity contribution in [2.24, 2.45) is 0 Å². The molecule has 4 nitrogen and oxygen atoms in total. The van der Waals surface area contributed by atoms with Crippen LogP contribution in [0.15, 0.2) is 36.4 Å². The van der Waals surface area contributed by atoms with Gasteiger partial charge in [-0.2, -0.15) is 0 Å². The number of hydrogen-bond donors (Lipinski definition) is 2. The molecule has 0 spiro atoms. The molecule has 1 amide bonds. The largest absolute Gasteiger partial charge is 0.378 e. The normalized spacial score (nSPS) is 11.9. The van der Waals surface area contributed by atoms with Crippen molar-refractivity contribution in [3.8, 4) is 0 Å². The Kier molecular flexibility index (Phi) is 7.06. The second kappa shape index (κ2) is 9.06. The first-order chi connectivity index (χ1) is 12.3. The van der Waals surface area contributed by atoms with Crippen LogP contribution in [0.3, 0.4) is 0 Å². The van der Waals surface area contributed by atoms with E-state index in [2.05, 4.69) is 41.4 Å². The first-order valence-electron chi connectivity index (χ1n) is 8.96. The smallest absolute Gasteiger partial charge is 0.279 e. The number of quaternary nitrogens is 1. The third-order valence-corrected chi connectivity index (χ3v) is 4.81. The van der Waals surface area contributed by atoms with Crippen LogP contribution in [0.2, 0.25) is 5.02 Å². The Bertz CT molecular complexity index is 733. The van der Waals surface area contributed by atoms with E-state index in [-0.39, 0.29) is 5.91 Å². The summed E-state index contributed by atoms with van der Waals surface area (Å²) in [5, 5.41) is 3.57. The van der Waals surface area contributed by atoms with E-state index in [0.717, 1.165) is 24.2 Å². The number of benzene rings is 2. The quantitative estimate of drug-likeness (QED) is 0.781. The van der Waals surface area contributed by atoms with E-state index in [0.29, 0.717) is 17.3 Å². The van der Waals surface area contributed by atoms with Crippen LogP contribution in [0.1, 0.15) is 23.6 Å². The van der Waals surface area contributed by atoms with Gasteiger partial charge in [-0.1, -0.05) is 29.8 Å². The Morgan fingerprint density at radius 3 is 2.35 bits per heavy atom. The molecule has 140 valence electrons. The van der Waals surface area contributed by atoms with Gasteiger partial charge >= 0.3 is 0 Å². The molecular formula is C21H29ClN3O+. The number of amides is 1. The minimum absolute atomic E-state index is 0.0133. The van der Waals surface area contributed by atoms with Crippen molar-refractivity contribution in [2.45, 2.75) is 27.3 Å². The summed E-state index contributed by atoms with van der Waals surface area (Å²) in [6, 6.07) is 12.4. The first kappa shape index (κ1) is 20.3. The Labute approximate surface area is 161 Å². The molecule has 2 rings (SSSR count). The highest BCUT2D eigenvalue weighted by Crippen LogP contribution is 2.27. The number of hydrogen-bond acceptors (Lipinski definition) is 2. The highest BCUT2D eigenvalue weighted by Gasteiger charge is 2.16. The Morgan fingerprint density at radius 1 is 1.15 bits per heavy atom. The van der Waals surface area contributed by atoms with Crippen LogP contribution in [0.25, 0.3) is 0 Å². The summed E-state index contributed by atoms with van der Waals surface area (Å²) >= 11 is 6.29. The fourth-order valence-corrected chi connectivity index (χ4v) is 3.37. The van der Waals surface area contributed by atoms with Gasteiger partial charge in [0.2, 0.25) is 0 Å². The zero-order chi connectivity index (χ0) is 19.3. The summed E-state index contributed by atoms with van der Waals surface area (Å²) in [6.07, 6.45) is 0. The lowest BCUT2D eigenvalue weighted by atomic mass is 10.1. The van der Waals surface area contributed by atoms with Crippen LogP contribution in [-0.4, -0.2) is 33.1 Å². The second-order valence-electron chi connectivity index (χ2n) is 7.00. The molecule has 0 aliphatic rings. The maximum absolute atomic E-state index is 12.5. The molecule has 0 aliphatic carbocycles. The monoisotopic (exact) mass is 374 g/mol. The molecule has 5 heteroatoms. The number of halogens is 1. The van der Waals surface area contributed by atoms with E-state index in [1.807, 2.05) is 40.1 Å². The van der Waals surface area contributed by atoms with Gasteiger partial charge in [-0.15, -0.1) is 0 Å². The maximum Gasteiger partial charge on any atom is 0.279 e. The lowest BCUT2D eigenvalue weighted by Crippen LogP contribution is -3.11. The first-order valence-corrected chi connectivity index (χ1v) is 9.34. The van der Waals surface area contributed by atoms with Gasteiger partial charge in [0.1, 0.15) is 6.54 Å². The number of carbonyl (C=O) groups is 1. The van der Waals surface area contributed by atoms with Gasteiger partial charge in [-0.25, -0.2) is 0 Å². The fourth-order valence-electron chi connectivity index (χ4n) is 3.00. The standard InChI is InChI=1S/C21H28ClN3O/c1-6-25(13-17-7-9-18(10-8-17)24(4)5)14-20(26)23-21-16(3)11-15(2)12-19(21)22/h7-12H,6,13-14H2,1-5H3,(H,23,26)/p+1. The predicted molar refractivity (Wildman–Crippen MR) is 110 cm³/mol. The molecule has 0 aliphatic heterocycles. The average molecular weight is 375 g/mol. The number of aryl methyl sites for hydroxylation is 2.